The van der Waals surface area contributed by atoms with Crippen molar-refractivity contribution in [2.45, 2.75) is 68.9 Å². The van der Waals surface area contributed by atoms with E-state index in [2.05, 4.69) is 35.6 Å². The smallest absolute Gasteiger partial charge is 0.320 e. The Balaban J connectivity index is 1.07. The standard InChI is InChI=1S/C28H37N11O9S/c1-28(2)20(34-17-21(37-28)35-27(30)36-23(17)42)24(43)33-12-4-6-38(14(9-12)26(44)45)7-8-49(46,47)10-15-18(40)19(41)25(48-15)39-11-32-16-13(29)3-5-31-22(16)39/h3,5,11-12,14-15,18-19,25,40-41H,4,6-10H2,1-2H3,(H2,29,31)(H,33,43)(H,44,45)(H4,30,35,36,37,42)/t12?,14?,15-,18?,19+,25-/m1/s1. The van der Waals surface area contributed by atoms with E-state index in [0.717, 1.165) is 0 Å². The van der Waals surface area contributed by atoms with Gasteiger partial charge in [0.1, 0.15) is 35.6 Å². The van der Waals surface area contributed by atoms with Crippen LogP contribution in [0.25, 0.3) is 11.2 Å². The lowest BCUT2D eigenvalue weighted by molar-refractivity contribution is -0.145. The molecule has 3 aliphatic rings. The molecule has 21 heteroatoms. The number of pyridine rings is 1. The summed E-state index contributed by atoms with van der Waals surface area (Å²) in [5.41, 5.74) is 10.7. The van der Waals surface area contributed by atoms with E-state index in [1.165, 1.54) is 22.0 Å². The third-order valence-corrected chi connectivity index (χ3v) is 10.6. The van der Waals surface area contributed by atoms with Crippen LogP contribution in [0.4, 0.5) is 23.1 Å². The Kier molecular flexibility index (Phi) is 8.81. The number of nitrogens with one attached hydrogen (secondary N) is 3. The first-order valence-electron chi connectivity index (χ1n) is 15.4. The second-order valence-electron chi connectivity index (χ2n) is 12.8. The van der Waals surface area contributed by atoms with Crippen molar-refractivity contribution in [2.75, 3.05) is 41.4 Å². The average Bonchev–Trinajstić information content (AvgIpc) is 3.56. The molecule has 0 aromatic carbocycles. The molecule has 3 aromatic heterocycles. The summed E-state index contributed by atoms with van der Waals surface area (Å²) < 4.78 is 33.5. The van der Waals surface area contributed by atoms with E-state index in [-0.39, 0.29) is 48.3 Å². The SMILES string of the molecule is CC1(C)Nc2nc(N)[nH]c(=O)c2N=C1C(=O)NC1CCN(CCS(=O)(=O)C[C@H]2O[C@@H](n3cnc4c(N)ccnc43)[C@@H](O)C2O)C(C(=O)O)C1. The number of aliphatic hydroxyl groups excluding tert-OH is 2. The fraction of sp³-hybridized carbons (Fsp3) is 0.536. The zero-order valence-electron chi connectivity index (χ0n) is 26.5. The van der Waals surface area contributed by atoms with Crippen LogP contribution >= 0.6 is 0 Å². The number of nitrogens with two attached hydrogens (primary N) is 2. The van der Waals surface area contributed by atoms with Crippen LogP contribution in [-0.2, 0) is 24.2 Å². The summed E-state index contributed by atoms with van der Waals surface area (Å²) in [6.45, 7) is 3.36. The maximum atomic E-state index is 13.3. The van der Waals surface area contributed by atoms with Gasteiger partial charge in [-0.2, -0.15) is 4.98 Å². The van der Waals surface area contributed by atoms with Crippen molar-refractivity contribution < 1.29 is 38.1 Å². The summed E-state index contributed by atoms with van der Waals surface area (Å²) in [6.07, 6.45) is -2.42. The van der Waals surface area contributed by atoms with Crippen LogP contribution in [0, 0.1) is 0 Å². The molecule has 20 nitrogen and oxygen atoms in total. The van der Waals surface area contributed by atoms with E-state index in [9.17, 15) is 38.1 Å². The number of nitrogens with zero attached hydrogens (tertiary/aromatic N) is 6. The Morgan fingerprint density at radius 3 is 2.69 bits per heavy atom. The summed E-state index contributed by atoms with van der Waals surface area (Å²) in [5.74, 6) is -2.88. The molecule has 1 amide bonds. The fourth-order valence-electron chi connectivity index (χ4n) is 6.37. The highest BCUT2D eigenvalue weighted by Crippen LogP contribution is 2.33. The number of H-pyrrole nitrogens is 1. The summed E-state index contributed by atoms with van der Waals surface area (Å²) in [5, 5.41) is 37.2. The average molecular weight is 704 g/mol. The van der Waals surface area contributed by atoms with E-state index in [1.54, 1.807) is 19.9 Å². The minimum Gasteiger partial charge on any atom is -0.480 e. The molecule has 264 valence electrons. The van der Waals surface area contributed by atoms with Gasteiger partial charge in [0.25, 0.3) is 11.5 Å². The fourth-order valence-corrected chi connectivity index (χ4v) is 7.82. The maximum Gasteiger partial charge on any atom is 0.320 e. The van der Waals surface area contributed by atoms with Crippen molar-refractivity contribution >= 4 is 61.7 Å². The molecule has 6 atom stereocenters. The van der Waals surface area contributed by atoms with Crippen molar-refractivity contribution in [3.05, 3.63) is 28.9 Å². The number of hydrogen-bond donors (Lipinski definition) is 8. The van der Waals surface area contributed by atoms with Crippen LogP contribution in [0.3, 0.4) is 0 Å². The second-order valence-corrected chi connectivity index (χ2v) is 15.1. The number of aromatic amines is 1. The number of carboxylic acids is 1. The number of aromatic nitrogens is 5. The third kappa shape index (κ3) is 6.66. The number of hydrogen-bond acceptors (Lipinski definition) is 16. The Bertz CT molecular complexity index is 2000. The van der Waals surface area contributed by atoms with Gasteiger partial charge in [-0.15, -0.1) is 0 Å². The number of amides is 1. The van der Waals surface area contributed by atoms with Crippen molar-refractivity contribution in [1.29, 1.82) is 0 Å². The number of imidazole rings is 1. The monoisotopic (exact) mass is 703 g/mol. The van der Waals surface area contributed by atoms with E-state index in [0.29, 0.717) is 17.6 Å². The Labute approximate surface area is 278 Å². The molecule has 0 saturated carbocycles. The van der Waals surface area contributed by atoms with Gasteiger partial charge >= 0.3 is 5.97 Å². The molecule has 3 aliphatic heterocycles. The minimum atomic E-state index is -3.93. The van der Waals surface area contributed by atoms with E-state index in [1.807, 2.05) is 0 Å². The second kappa shape index (κ2) is 12.6. The molecule has 3 aromatic rings. The number of carboxylic acid groups (broad SMARTS) is 1. The minimum absolute atomic E-state index is 0.0113. The number of ether oxygens (including phenoxy) is 1. The van der Waals surface area contributed by atoms with E-state index < -0.39 is 80.9 Å². The zero-order valence-corrected chi connectivity index (χ0v) is 27.3. The number of nitrogen functional groups attached to an aromatic ring is 2. The van der Waals surface area contributed by atoms with Crippen LogP contribution in [0.5, 0.6) is 0 Å². The number of rotatable bonds is 9. The molecule has 6 heterocycles. The molecular formula is C28H37N11O9S. The van der Waals surface area contributed by atoms with Crippen molar-refractivity contribution in [3.8, 4) is 0 Å². The van der Waals surface area contributed by atoms with Crippen molar-refractivity contribution in [1.82, 2.24) is 34.7 Å². The van der Waals surface area contributed by atoms with Gasteiger partial charge in [0.15, 0.2) is 33.2 Å². The van der Waals surface area contributed by atoms with Crippen molar-refractivity contribution in [2.24, 2.45) is 4.99 Å². The number of sulfone groups is 1. The molecule has 6 rings (SSSR count). The number of aliphatic imine (C=N–C) groups is 1. The number of piperidine rings is 1. The molecule has 49 heavy (non-hydrogen) atoms. The van der Waals surface area contributed by atoms with E-state index >= 15 is 0 Å². The molecule has 10 N–H and O–H groups in total. The van der Waals surface area contributed by atoms with Crippen LogP contribution in [0.1, 0.15) is 32.9 Å². The van der Waals surface area contributed by atoms with Gasteiger partial charge < -0.3 is 42.2 Å². The van der Waals surface area contributed by atoms with Crippen molar-refractivity contribution in [3.63, 3.8) is 0 Å². The van der Waals surface area contributed by atoms with Gasteiger partial charge in [-0.05, 0) is 32.8 Å². The summed E-state index contributed by atoms with van der Waals surface area (Å²) in [7, 11) is -3.93. The van der Waals surface area contributed by atoms with Gasteiger partial charge in [0.05, 0.1) is 29.1 Å². The molecule has 0 aliphatic carbocycles. The Morgan fingerprint density at radius 2 is 1.96 bits per heavy atom. The Morgan fingerprint density at radius 1 is 1.20 bits per heavy atom. The third-order valence-electron chi connectivity index (χ3n) is 8.92. The number of carbonyl (C=O) groups is 2. The number of fused-ring (bicyclic) bond motifs is 2. The van der Waals surface area contributed by atoms with Gasteiger partial charge in [0, 0.05) is 25.3 Å². The molecule has 2 saturated heterocycles. The van der Waals surface area contributed by atoms with Crippen LogP contribution < -0.4 is 27.7 Å². The summed E-state index contributed by atoms with van der Waals surface area (Å²) >= 11 is 0. The number of aliphatic hydroxyl groups is 2. The number of aliphatic carboxylic acids is 1. The predicted molar refractivity (Wildman–Crippen MR) is 175 cm³/mol. The lowest BCUT2D eigenvalue weighted by Crippen LogP contribution is -2.57. The maximum absolute atomic E-state index is 13.3. The van der Waals surface area contributed by atoms with Gasteiger partial charge in [0.2, 0.25) is 5.95 Å². The molecule has 2 fully saturated rings. The van der Waals surface area contributed by atoms with E-state index in [4.69, 9.17) is 16.2 Å². The summed E-state index contributed by atoms with van der Waals surface area (Å²) in [4.78, 5) is 58.5. The van der Waals surface area contributed by atoms with Crippen LogP contribution in [-0.4, -0.2) is 131 Å². The lowest BCUT2D eigenvalue weighted by atomic mass is 9.93. The van der Waals surface area contributed by atoms with Crippen LogP contribution in [0.2, 0.25) is 0 Å². The molecule has 0 spiro atoms. The molecule has 3 unspecified atom stereocenters. The highest BCUT2D eigenvalue weighted by molar-refractivity contribution is 7.91. The molecule has 0 radical (unpaired) electrons. The number of anilines is 3. The largest absolute Gasteiger partial charge is 0.480 e. The van der Waals surface area contributed by atoms with Gasteiger partial charge in [-0.1, -0.05) is 0 Å². The summed E-state index contributed by atoms with van der Waals surface area (Å²) in [6, 6.07) is -0.153. The lowest BCUT2D eigenvalue weighted by Gasteiger charge is -2.38. The quantitative estimate of drug-likeness (QED) is 0.116. The zero-order chi connectivity index (χ0) is 35.4. The predicted octanol–water partition coefficient (Wildman–Crippen LogP) is -2.28. The highest BCUT2D eigenvalue weighted by Gasteiger charge is 2.46. The highest BCUT2D eigenvalue weighted by atomic mass is 32.2. The number of carbonyl (C=O) groups excluding carboxylic acids is 1. The van der Waals surface area contributed by atoms with Gasteiger partial charge in [-0.25, -0.2) is 23.4 Å². The first-order valence-corrected chi connectivity index (χ1v) is 17.2. The Hall–Kier alpha value is -4.70. The number of likely N-dealkylation sites (tertiary alicyclic amines) is 1. The molecule has 0 bridgehead atoms. The normalized spacial score (nSPS) is 26.9. The van der Waals surface area contributed by atoms with Gasteiger partial charge in [-0.3, -0.25) is 28.8 Å². The topological polar surface area (TPSA) is 306 Å². The first kappa shape index (κ1) is 34.2. The first-order chi connectivity index (χ1) is 23.0. The molecular weight excluding hydrogens is 666 g/mol. The van der Waals surface area contributed by atoms with Crippen LogP contribution in [0.15, 0.2) is 28.4 Å².